The van der Waals surface area contributed by atoms with Gasteiger partial charge in [-0.25, -0.2) is 9.97 Å². The van der Waals surface area contributed by atoms with E-state index in [0.29, 0.717) is 0 Å². The molecule has 1 aromatic carbocycles. The van der Waals surface area contributed by atoms with Crippen molar-refractivity contribution in [3.05, 3.63) is 30.7 Å². The van der Waals surface area contributed by atoms with E-state index in [1.807, 2.05) is 30.0 Å². The summed E-state index contributed by atoms with van der Waals surface area (Å²) in [5, 5.41) is 0.881. The second kappa shape index (κ2) is 6.27. The van der Waals surface area contributed by atoms with E-state index in [2.05, 4.69) is 9.97 Å². The van der Waals surface area contributed by atoms with Crippen molar-refractivity contribution in [2.45, 2.75) is 31.9 Å². The molecule has 1 fully saturated rings. The van der Waals surface area contributed by atoms with E-state index in [1.54, 1.807) is 6.20 Å². The summed E-state index contributed by atoms with van der Waals surface area (Å²) < 4.78 is 6.12. The van der Waals surface area contributed by atoms with Gasteiger partial charge in [0.25, 0.3) is 0 Å². The molecule has 0 bridgehead atoms. The Morgan fingerprint density at radius 1 is 1.55 bits per heavy atom. The largest absolute Gasteiger partial charge is 0.488 e. The monoisotopic (exact) mass is 300 g/mol. The first-order valence-corrected chi connectivity index (χ1v) is 7.55. The number of carbonyl (C=O) groups is 1. The lowest BCUT2D eigenvalue weighted by Gasteiger charge is -2.30. The number of amides is 1. The van der Waals surface area contributed by atoms with E-state index in [-0.39, 0.29) is 24.6 Å². The van der Waals surface area contributed by atoms with Gasteiger partial charge in [-0.2, -0.15) is 0 Å². The molecule has 116 valence electrons. The van der Waals surface area contributed by atoms with E-state index in [0.717, 1.165) is 36.0 Å². The first kappa shape index (κ1) is 14.7. The molecule has 1 aromatic heterocycles. The molecule has 1 amide bonds. The van der Waals surface area contributed by atoms with Crippen LogP contribution in [-0.4, -0.2) is 46.0 Å². The Morgan fingerprint density at radius 2 is 2.41 bits per heavy atom. The molecule has 0 radical (unpaired) electrons. The maximum Gasteiger partial charge on any atom is 0.236 e. The van der Waals surface area contributed by atoms with Crippen LogP contribution in [0, 0.1) is 0 Å². The van der Waals surface area contributed by atoms with Gasteiger partial charge in [-0.1, -0.05) is 6.07 Å². The minimum atomic E-state index is -0.108. The molecule has 2 N–H and O–H groups in total. The first-order chi connectivity index (χ1) is 10.7. The number of nitrogens with zero attached hydrogens (tertiary/aromatic N) is 3. The fourth-order valence-corrected chi connectivity index (χ4v) is 3.07. The Morgan fingerprint density at radius 3 is 3.23 bits per heavy atom. The van der Waals surface area contributed by atoms with Gasteiger partial charge in [0.1, 0.15) is 18.2 Å². The summed E-state index contributed by atoms with van der Waals surface area (Å²) in [5.41, 5.74) is 6.34. The molecule has 6 nitrogen and oxygen atoms in total. The highest BCUT2D eigenvalue weighted by molar-refractivity contribution is 5.84. The van der Waals surface area contributed by atoms with Crippen LogP contribution >= 0.6 is 0 Å². The average Bonchev–Trinajstić information content (AvgIpc) is 3.04. The van der Waals surface area contributed by atoms with Crippen molar-refractivity contribution < 1.29 is 9.53 Å². The fourth-order valence-electron chi connectivity index (χ4n) is 3.07. The molecule has 0 spiro atoms. The van der Waals surface area contributed by atoms with Gasteiger partial charge in [0.2, 0.25) is 5.91 Å². The number of aromatic nitrogens is 2. The molecule has 1 saturated heterocycles. The molecule has 1 aliphatic heterocycles. The van der Waals surface area contributed by atoms with Gasteiger partial charge in [-0.3, -0.25) is 4.79 Å². The predicted octanol–water partition coefficient (Wildman–Crippen LogP) is 1.35. The SMILES string of the molecule is C[C@@H](Oc1cccc2ncncc12)[C@H]1CCCN1C(=O)CN. The summed E-state index contributed by atoms with van der Waals surface area (Å²) in [4.78, 5) is 22.1. The minimum Gasteiger partial charge on any atom is -0.488 e. The second-order valence-corrected chi connectivity index (χ2v) is 5.54. The normalized spacial score (nSPS) is 19.4. The third-order valence-electron chi connectivity index (χ3n) is 4.16. The number of likely N-dealkylation sites (tertiary alicyclic amines) is 1. The zero-order valence-corrected chi connectivity index (χ0v) is 12.6. The number of fused-ring (bicyclic) bond motifs is 1. The van der Waals surface area contributed by atoms with Gasteiger partial charge in [0, 0.05) is 12.7 Å². The van der Waals surface area contributed by atoms with Gasteiger partial charge in [0.15, 0.2) is 0 Å². The lowest BCUT2D eigenvalue weighted by atomic mass is 10.1. The van der Waals surface area contributed by atoms with Crippen LogP contribution in [-0.2, 0) is 4.79 Å². The van der Waals surface area contributed by atoms with Crippen molar-refractivity contribution in [1.29, 1.82) is 0 Å². The number of hydrogen-bond acceptors (Lipinski definition) is 5. The summed E-state index contributed by atoms with van der Waals surface area (Å²) in [5.74, 6) is 0.733. The molecule has 1 aliphatic rings. The Bertz CT molecular complexity index is 671. The highest BCUT2D eigenvalue weighted by Gasteiger charge is 2.33. The third-order valence-corrected chi connectivity index (χ3v) is 4.16. The van der Waals surface area contributed by atoms with Crippen molar-refractivity contribution in [3.8, 4) is 5.75 Å². The van der Waals surface area contributed by atoms with Crippen molar-refractivity contribution in [3.63, 3.8) is 0 Å². The number of carbonyl (C=O) groups excluding carboxylic acids is 1. The Hall–Kier alpha value is -2.21. The van der Waals surface area contributed by atoms with Crippen LogP contribution in [0.2, 0.25) is 0 Å². The molecule has 0 saturated carbocycles. The topological polar surface area (TPSA) is 81.3 Å². The van der Waals surface area contributed by atoms with E-state index in [4.69, 9.17) is 10.5 Å². The predicted molar refractivity (Wildman–Crippen MR) is 83.4 cm³/mol. The summed E-state index contributed by atoms with van der Waals surface area (Å²) in [6, 6.07) is 5.81. The van der Waals surface area contributed by atoms with Gasteiger partial charge in [-0.15, -0.1) is 0 Å². The highest BCUT2D eigenvalue weighted by atomic mass is 16.5. The van der Waals surface area contributed by atoms with Crippen LogP contribution in [0.5, 0.6) is 5.75 Å². The van der Waals surface area contributed by atoms with Gasteiger partial charge >= 0.3 is 0 Å². The number of benzene rings is 1. The van der Waals surface area contributed by atoms with E-state index >= 15 is 0 Å². The summed E-state index contributed by atoms with van der Waals surface area (Å²) in [6.45, 7) is 2.80. The summed E-state index contributed by atoms with van der Waals surface area (Å²) >= 11 is 0. The van der Waals surface area contributed by atoms with Gasteiger partial charge in [0.05, 0.1) is 23.5 Å². The zero-order chi connectivity index (χ0) is 15.5. The summed E-state index contributed by atoms with van der Waals surface area (Å²) in [6.07, 6.45) is 5.09. The fraction of sp³-hybridized carbons (Fsp3) is 0.438. The molecule has 2 atom stereocenters. The van der Waals surface area contributed by atoms with Crippen molar-refractivity contribution in [2.75, 3.05) is 13.1 Å². The van der Waals surface area contributed by atoms with Crippen LogP contribution in [0.15, 0.2) is 30.7 Å². The number of ether oxygens (including phenoxy) is 1. The standard InChI is InChI=1S/C16H20N4O2/c1-11(14-5-3-7-20(14)16(21)8-17)22-15-6-2-4-13-12(15)9-18-10-19-13/h2,4,6,9-11,14H,3,5,7-8,17H2,1H3/t11-,14-/m1/s1. The second-order valence-electron chi connectivity index (χ2n) is 5.54. The molecule has 22 heavy (non-hydrogen) atoms. The van der Waals surface area contributed by atoms with E-state index in [1.165, 1.54) is 6.33 Å². The maximum absolute atomic E-state index is 11.9. The van der Waals surface area contributed by atoms with Gasteiger partial charge < -0.3 is 15.4 Å². The highest BCUT2D eigenvalue weighted by Crippen LogP contribution is 2.28. The minimum absolute atomic E-state index is 0.0146. The molecule has 0 aliphatic carbocycles. The molecule has 2 aromatic rings. The van der Waals surface area contributed by atoms with Crippen molar-refractivity contribution >= 4 is 16.8 Å². The molecular weight excluding hydrogens is 280 g/mol. The smallest absolute Gasteiger partial charge is 0.236 e. The third kappa shape index (κ3) is 2.74. The number of hydrogen-bond donors (Lipinski definition) is 1. The lowest BCUT2D eigenvalue weighted by Crippen LogP contribution is -2.46. The van der Waals surface area contributed by atoms with Crippen LogP contribution in [0.4, 0.5) is 0 Å². The lowest BCUT2D eigenvalue weighted by molar-refractivity contribution is -0.131. The molecular formula is C16H20N4O2. The van der Waals surface area contributed by atoms with Crippen molar-refractivity contribution in [1.82, 2.24) is 14.9 Å². The summed E-state index contributed by atoms with van der Waals surface area (Å²) in [7, 11) is 0. The molecule has 3 rings (SSSR count). The first-order valence-electron chi connectivity index (χ1n) is 7.55. The van der Waals surface area contributed by atoms with Crippen LogP contribution in [0.25, 0.3) is 10.9 Å². The van der Waals surface area contributed by atoms with E-state index < -0.39 is 0 Å². The average molecular weight is 300 g/mol. The van der Waals surface area contributed by atoms with Crippen LogP contribution in [0.1, 0.15) is 19.8 Å². The van der Waals surface area contributed by atoms with Gasteiger partial charge in [-0.05, 0) is 31.9 Å². The Balaban J connectivity index is 1.81. The van der Waals surface area contributed by atoms with E-state index in [9.17, 15) is 4.79 Å². The van der Waals surface area contributed by atoms with Crippen molar-refractivity contribution in [2.24, 2.45) is 5.73 Å². The van der Waals surface area contributed by atoms with Crippen LogP contribution < -0.4 is 10.5 Å². The molecule has 6 heteroatoms. The Kier molecular flexibility index (Phi) is 4.20. The molecule has 2 heterocycles. The number of rotatable bonds is 4. The zero-order valence-electron chi connectivity index (χ0n) is 12.6. The Labute approximate surface area is 129 Å². The maximum atomic E-state index is 11.9. The van der Waals surface area contributed by atoms with Crippen LogP contribution in [0.3, 0.4) is 0 Å². The quantitative estimate of drug-likeness (QED) is 0.921. The molecule has 0 unspecified atom stereocenters. The number of nitrogens with two attached hydrogens (primary N) is 1.